The van der Waals surface area contributed by atoms with E-state index < -0.39 is 0 Å². The third kappa shape index (κ3) is 2.41. The predicted molar refractivity (Wildman–Crippen MR) is 71.8 cm³/mol. The quantitative estimate of drug-likeness (QED) is 0.797. The summed E-state index contributed by atoms with van der Waals surface area (Å²) in [5.41, 5.74) is 2.56. The minimum atomic E-state index is 0.333. The molecule has 3 nitrogen and oxygen atoms in total. The van der Waals surface area contributed by atoms with E-state index in [1.165, 1.54) is 5.57 Å². The van der Waals surface area contributed by atoms with E-state index >= 15 is 0 Å². The average Bonchev–Trinajstić information content (AvgIpc) is 2.85. The second kappa shape index (κ2) is 4.86. The van der Waals surface area contributed by atoms with Crippen LogP contribution >= 0.6 is 0 Å². The van der Waals surface area contributed by atoms with Crippen molar-refractivity contribution in [2.24, 2.45) is 0 Å². The molecule has 0 amide bonds. The molecule has 0 saturated heterocycles. The number of nitrogens with zero attached hydrogens (tertiary/aromatic N) is 1. The van der Waals surface area contributed by atoms with E-state index in [-0.39, 0.29) is 0 Å². The van der Waals surface area contributed by atoms with Gasteiger partial charge in [0.15, 0.2) is 11.5 Å². The Kier molecular flexibility index (Phi) is 3.07. The third-order valence-electron chi connectivity index (χ3n) is 3.33. The van der Waals surface area contributed by atoms with Gasteiger partial charge in [-0.25, -0.2) is 0 Å². The summed E-state index contributed by atoms with van der Waals surface area (Å²) in [6.45, 7) is 2.51. The van der Waals surface area contributed by atoms with Gasteiger partial charge in [-0.05, 0) is 36.7 Å². The molecular weight excluding hydrogens is 226 g/mol. The third-order valence-corrected chi connectivity index (χ3v) is 3.33. The van der Waals surface area contributed by atoms with Gasteiger partial charge < -0.3 is 14.4 Å². The Bertz CT molecular complexity index is 505. The second-order valence-electron chi connectivity index (χ2n) is 4.74. The highest BCUT2D eigenvalue weighted by molar-refractivity contribution is 5.58. The first-order valence-electron chi connectivity index (χ1n) is 6.26. The highest BCUT2D eigenvalue weighted by atomic mass is 16.7. The molecule has 0 radical (unpaired) electrons. The molecule has 0 bridgehead atoms. The van der Waals surface area contributed by atoms with Crippen molar-refractivity contribution in [3.63, 3.8) is 0 Å². The lowest BCUT2D eigenvalue weighted by Gasteiger charge is -2.20. The lowest BCUT2D eigenvalue weighted by atomic mass is 10.1. The molecule has 0 saturated carbocycles. The lowest BCUT2D eigenvalue weighted by molar-refractivity contribution is 0.174. The van der Waals surface area contributed by atoms with Gasteiger partial charge in [-0.2, -0.15) is 0 Å². The fourth-order valence-electron chi connectivity index (χ4n) is 2.16. The van der Waals surface area contributed by atoms with Gasteiger partial charge in [-0.3, -0.25) is 0 Å². The van der Waals surface area contributed by atoms with Gasteiger partial charge in [0, 0.05) is 13.1 Å². The molecule has 3 heteroatoms. The highest BCUT2D eigenvalue weighted by Gasteiger charge is 2.12. The monoisotopic (exact) mass is 243 g/mol. The second-order valence-corrected chi connectivity index (χ2v) is 4.74. The van der Waals surface area contributed by atoms with E-state index in [0.717, 1.165) is 36.6 Å². The summed E-state index contributed by atoms with van der Waals surface area (Å²) < 4.78 is 10.7. The average molecular weight is 243 g/mol. The number of rotatable bonds is 2. The molecule has 0 atom stereocenters. The molecule has 0 aliphatic carbocycles. The summed E-state index contributed by atoms with van der Waals surface area (Å²) in [6, 6.07) is 6.04. The molecule has 94 valence electrons. The zero-order valence-electron chi connectivity index (χ0n) is 10.6. The molecule has 0 N–H and O–H groups in total. The SMILES string of the molecule is CN1CC=C(/C=C/c2ccc3c(c2)OCO3)CC1. The van der Waals surface area contributed by atoms with Gasteiger partial charge in [0.25, 0.3) is 0 Å². The molecular formula is C15H17NO2. The standard InChI is InChI=1S/C15H17NO2/c1-16-8-6-12(7-9-16)2-3-13-4-5-14-15(10-13)18-11-17-14/h2-6,10H,7-9,11H2,1H3/b3-2+. The van der Waals surface area contributed by atoms with Gasteiger partial charge in [0.2, 0.25) is 6.79 Å². The molecule has 18 heavy (non-hydrogen) atoms. The van der Waals surface area contributed by atoms with Gasteiger partial charge in [0.1, 0.15) is 0 Å². The largest absolute Gasteiger partial charge is 0.454 e. The number of fused-ring (bicyclic) bond motifs is 1. The number of allylic oxidation sites excluding steroid dienone is 1. The Balaban J connectivity index is 1.73. The van der Waals surface area contributed by atoms with Crippen LogP contribution in [0.3, 0.4) is 0 Å². The van der Waals surface area contributed by atoms with Gasteiger partial charge in [0.05, 0.1) is 0 Å². The summed E-state index contributed by atoms with van der Waals surface area (Å²) in [5, 5.41) is 0. The number of hydrogen-bond acceptors (Lipinski definition) is 3. The summed E-state index contributed by atoms with van der Waals surface area (Å²) in [7, 11) is 2.15. The van der Waals surface area contributed by atoms with Crippen LogP contribution in [0.15, 0.2) is 35.9 Å². The normalized spacial score (nSPS) is 19.3. The number of hydrogen-bond donors (Lipinski definition) is 0. The fraction of sp³-hybridized carbons (Fsp3) is 0.333. The zero-order chi connectivity index (χ0) is 12.4. The first-order valence-corrected chi connectivity index (χ1v) is 6.26. The number of benzene rings is 1. The summed E-state index contributed by atoms with van der Waals surface area (Å²) in [6.07, 6.45) is 7.74. The van der Waals surface area contributed by atoms with Crippen LogP contribution in [0.1, 0.15) is 12.0 Å². The molecule has 1 aromatic carbocycles. The molecule has 3 rings (SSSR count). The minimum absolute atomic E-state index is 0.333. The molecule has 0 aromatic heterocycles. The maximum absolute atomic E-state index is 5.37. The molecule has 2 heterocycles. The Morgan fingerprint density at radius 1 is 1.17 bits per heavy atom. The van der Waals surface area contributed by atoms with Crippen LogP contribution in [0.2, 0.25) is 0 Å². The van der Waals surface area contributed by atoms with Crippen LogP contribution < -0.4 is 9.47 Å². The van der Waals surface area contributed by atoms with Crippen LogP contribution in [0, 0.1) is 0 Å². The van der Waals surface area contributed by atoms with Crippen molar-refractivity contribution in [3.8, 4) is 11.5 Å². The van der Waals surface area contributed by atoms with Crippen molar-refractivity contribution < 1.29 is 9.47 Å². The number of likely N-dealkylation sites (N-methyl/N-ethyl adjacent to an activating group) is 1. The molecule has 2 aliphatic rings. The maximum Gasteiger partial charge on any atom is 0.231 e. The van der Waals surface area contributed by atoms with Crippen molar-refractivity contribution in [2.45, 2.75) is 6.42 Å². The lowest BCUT2D eigenvalue weighted by Crippen LogP contribution is -2.23. The summed E-state index contributed by atoms with van der Waals surface area (Å²) >= 11 is 0. The predicted octanol–water partition coefficient (Wildman–Crippen LogP) is 2.69. The molecule has 1 aromatic rings. The van der Waals surface area contributed by atoms with E-state index in [0.29, 0.717) is 6.79 Å². The van der Waals surface area contributed by atoms with Crippen LogP contribution in [-0.4, -0.2) is 31.8 Å². The van der Waals surface area contributed by atoms with Gasteiger partial charge in [-0.15, -0.1) is 0 Å². The van der Waals surface area contributed by atoms with Crippen LogP contribution in [-0.2, 0) is 0 Å². The smallest absolute Gasteiger partial charge is 0.231 e. The molecule has 0 unspecified atom stereocenters. The number of ether oxygens (including phenoxy) is 2. The Hall–Kier alpha value is -1.74. The van der Waals surface area contributed by atoms with Crippen molar-refractivity contribution in [1.82, 2.24) is 4.90 Å². The summed E-state index contributed by atoms with van der Waals surface area (Å²) in [4.78, 5) is 2.32. The Morgan fingerprint density at radius 2 is 2.06 bits per heavy atom. The van der Waals surface area contributed by atoms with Crippen LogP contribution in [0.5, 0.6) is 11.5 Å². The summed E-state index contributed by atoms with van der Waals surface area (Å²) in [5.74, 6) is 1.68. The Morgan fingerprint density at radius 3 is 2.89 bits per heavy atom. The van der Waals surface area contributed by atoms with Crippen molar-refractivity contribution in [3.05, 3.63) is 41.5 Å². The van der Waals surface area contributed by atoms with E-state index in [4.69, 9.17) is 9.47 Å². The van der Waals surface area contributed by atoms with Crippen LogP contribution in [0.25, 0.3) is 6.08 Å². The molecule has 0 fully saturated rings. The van der Waals surface area contributed by atoms with E-state index in [1.54, 1.807) is 0 Å². The molecule has 0 spiro atoms. The van der Waals surface area contributed by atoms with E-state index in [9.17, 15) is 0 Å². The highest BCUT2D eigenvalue weighted by Crippen LogP contribution is 2.32. The van der Waals surface area contributed by atoms with E-state index in [2.05, 4.69) is 36.2 Å². The van der Waals surface area contributed by atoms with Crippen molar-refractivity contribution in [2.75, 3.05) is 26.9 Å². The maximum atomic E-state index is 5.37. The van der Waals surface area contributed by atoms with Crippen LogP contribution in [0.4, 0.5) is 0 Å². The Labute approximate surface area is 107 Å². The topological polar surface area (TPSA) is 21.7 Å². The van der Waals surface area contributed by atoms with Gasteiger partial charge in [-0.1, -0.05) is 24.3 Å². The van der Waals surface area contributed by atoms with Crippen molar-refractivity contribution >= 4 is 6.08 Å². The minimum Gasteiger partial charge on any atom is -0.454 e. The molecule has 2 aliphatic heterocycles. The first-order chi connectivity index (χ1) is 8.81. The fourth-order valence-corrected chi connectivity index (χ4v) is 2.16. The zero-order valence-corrected chi connectivity index (χ0v) is 10.6. The van der Waals surface area contributed by atoms with E-state index in [1.807, 2.05) is 12.1 Å². The van der Waals surface area contributed by atoms with Crippen molar-refractivity contribution in [1.29, 1.82) is 0 Å². The van der Waals surface area contributed by atoms with Gasteiger partial charge >= 0.3 is 0 Å². The first kappa shape index (κ1) is 11.4.